The highest BCUT2D eigenvalue weighted by Crippen LogP contribution is 2.28. The summed E-state index contributed by atoms with van der Waals surface area (Å²) in [6.45, 7) is 1.64. The molecule has 1 aliphatic heterocycles. The number of carbonyl (C=O) groups excluding carboxylic acids is 1. The summed E-state index contributed by atoms with van der Waals surface area (Å²) in [7, 11) is 0. The maximum absolute atomic E-state index is 12.2. The van der Waals surface area contributed by atoms with Gasteiger partial charge in [-0.1, -0.05) is 6.07 Å². The number of hydrogen-bond acceptors (Lipinski definition) is 3. The molecule has 1 fully saturated rings. The maximum atomic E-state index is 12.2. The van der Waals surface area contributed by atoms with E-state index in [1.165, 1.54) is 17.8 Å². The highest BCUT2D eigenvalue weighted by atomic mass is 32.1. The SMILES string of the molecule is O=C(O)C[C@H](CC(=O)N1CCCCC1)c1cccs1. The first kappa shape index (κ1) is 14.1. The predicted molar refractivity (Wildman–Crippen MR) is 74.4 cm³/mol. The molecule has 0 aliphatic carbocycles. The summed E-state index contributed by atoms with van der Waals surface area (Å²) < 4.78 is 0. The van der Waals surface area contributed by atoms with Crippen molar-refractivity contribution in [3.8, 4) is 0 Å². The van der Waals surface area contributed by atoms with Crippen LogP contribution in [-0.4, -0.2) is 35.0 Å². The van der Waals surface area contributed by atoms with E-state index in [9.17, 15) is 9.59 Å². The largest absolute Gasteiger partial charge is 0.481 e. The monoisotopic (exact) mass is 281 g/mol. The fourth-order valence-electron chi connectivity index (χ4n) is 2.49. The quantitative estimate of drug-likeness (QED) is 0.902. The molecule has 4 nitrogen and oxygen atoms in total. The highest BCUT2D eigenvalue weighted by molar-refractivity contribution is 7.10. The molecule has 5 heteroatoms. The normalized spacial score (nSPS) is 17.2. The zero-order valence-electron chi connectivity index (χ0n) is 10.9. The van der Waals surface area contributed by atoms with Crippen LogP contribution in [0, 0.1) is 0 Å². The lowest BCUT2D eigenvalue weighted by atomic mass is 9.98. The summed E-state index contributed by atoms with van der Waals surface area (Å²) in [5.41, 5.74) is 0. The molecule has 1 aromatic heterocycles. The molecule has 0 spiro atoms. The molecule has 0 bridgehead atoms. The van der Waals surface area contributed by atoms with Crippen molar-refractivity contribution in [2.75, 3.05) is 13.1 Å². The summed E-state index contributed by atoms with van der Waals surface area (Å²) in [4.78, 5) is 26.0. The van der Waals surface area contributed by atoms with Crippen LogP contribution in [0.15, 0.2) is 17.5 Å². The van der Waals surface area contributed by atoms with E-state index >= 15 is 0 Å². The molecule has 1 saturated heterocycles. The molecule has 1 N–H and O–H groups in total. The summed E-state index contributed by atoms with van der Waals surface area (Å²) in [5.74, 6) is -0.934. The number of carboxylic acid groups (broad SMARTS) is 1. The van der Waals surface area contributed by atoms with E-state index in [1.54, 1.807) is 0 Å². The number of amides is 1. The van der Waals surface area contributed by atoms with Gasteiger partial charge in [-0.25, -0.2) is 0 Å². The van der Waals surface area contributed by atoms with Crippen LogP contribution in [0.3, 0.4) is 0 Å². The van der Waals surface area contributed by atoms with Gasteiger partial charge < -0.3 is 10.0 Å². The molecular weight excluding hydrogens is 262 g/mol. The average Bonchev–Trinajstić information content (AvgIpc) is 2.92. The third-order valence-electron chi connectivity index (χ3n) is 3.50. The van der Waals surface area contributed by atoms with Crippen LogP contribution >= 0.6 is 11.3 Å². The molecule has 1 aromatic rings. The Balaban J connectivity index is 1.99. The predicted octanol–water partition coefficient (Wildman–Crippen LogP) is 2.71. The zero-order chi connectivity index (χ0) is 13.7. The van der Waals surface area contributed by atoms with Crippen molar-refractivity contribution >= 4 is 23.2 Å². The lowest BCUT2D eigenvalue weighted by Gasteiger charge is -2.28. The van der Waals surface area contributed by atoms with Gasteiger partial charge in [0.2, 0.25) is 5.91 Å². The standard InChI is InChI=1S/C14H19NO3S/c16-13(15-6-2-1-3-7-15)9-11(10-14(17)18)12-5-4-8-19-12/h4-5,8,11H,1-3,6-7,9-10H2,(H,17,18)/t11-/m0/s1. The van der Waals surface area contributed by atoms with Crippen LogP contribution in [0.5, 0.6) is 0 Å². The minimum absolute atomic E-state index is 0.0279. The van der Waals surface area contributed by atoms with Gasteiger partial charge in [-0.05, 0) is 30.7 Å². The number of hydrogen-bond donors (Lipinski definition) is 1. The summed E-state index contributed by atoms with van der Waals surface area (Å²) in [5, 5.41) is 10.9. The summed E-state index contributed by atoms with van der Waals surface area (Å²) in [6, 6.07) is 3.82. The maximum Gasteiger partial charge on any atom is 0.304 e. The fraction of sp³-hybridized carbons (Fsp3) is 0.571. The van der Waals surface area contributed by atoms with E-state index in [1.807, 2.05) is 22.4 Å². The van der Waals surface area contributed by atoms with E-state index in [2.05, 4.69) is 0 Å². The van der Waals surface area contributed by atoms with Crippen molar-refractivity contribution in [1.82, 2.24) is 4.90 Å². The number of likely N-dealkylation sites (tertiary alicyclic amines) is 1. The Morgan fingerprint density at radius 3 is 2.58 bits per heavy atom. The first-order chi connectivity index (χ1) is 9.16. The molecule has 0 radical (unpaired) electrons. The van der Waals surface area contributed by atoms with E-state index < -0.39 is 5.97 Å². The Hall–Kier alpha value is -1.36. The minimum Gasteiger partial charge on any atom is -0.481 e. The van der Waals surface area contributed by atoms with Crippen LogP contribution in [0.1, 0.15) is 42.9 Å². The van der Waals surface area contributed by atoms with Crippen LogP contribution in [0.4, 0.5) is 0 Å². The van der Waals surface area contributed by atoms with Crippen molar-refractivity contribution in [2.45, 2.75) is 38.0 Å². The Labute approximate surface area is 117 Å². The number of thiophene rings is 1. The highest BCUT2D eigenvalue weighted by Gasteiger charge is 2.24. The molecule has 1 amide bonds. The molecule has 104 valence electrons. The number of carboxylic acids is 1. The average molecular weight is 281 g/mol. The first-order valence-corrected chi connectivity index (χ1v) is 7.58. The van der Waals surface area contributed by atoms with Gasteiger partial charge in [-0.3, -0.25) is 9.59 Å². The van der Waals surface area contributed by atoms with Gasteiger partial charge in [0.05, 0.1) is 6.42 Å². The summed E-state index contributed by atoms with van der Waals surface area (Å²) >= 11 is 1.53. The molecule has 1 atom stereocenters. The van der Waals surface area contributed by atoms with Gasteiger partial charge >= 0.3 is 5.97 Å². The Morgan fingerprint density at radius 2 is 2.00 bits per heavy atom. The van der Waals surface area contributed by atoms with Crippen molar-refractivity contribution in [1.29, 1.82) is 0 Å². The number of aliphatic carboxylic acids is 1. The summed E-state index contributed by atoms with van der Waals surface area (Å²) in [6.07, 6.45) is 3.66. The number of piperidine rings is 1. The van der Waals surface area contributed by atoms with Crippen molar-refractivity contribution in [2.24, 2.45) is 0 Å². The number of rotatable bonds is 5. The molecule has 2 rings (SSSR count). The van der Waals surface area contributed by atoms with Gasteiger partial charge in [0.1, 0.15) is 0 Å². The van der Waals surface area contributed by atoms with Crippen LogP contribution < -0.4 is 0 Å². The second-order valence-corrected chi connectivity index (χ2v) is 5.94. The molecule has 2 heterocycles. The Bertz CT molecular complexity index is 424. The molecule has 0 unspecified atom stereocenters. The Morgan fingerprint density at radius 1 is 1.26 bits per heavy atom. The van der Waals surface area contributed by atoms with E-state index in [-0.39, 0.29) is 18.2 Å². The molecule has 19 heavy (non-hydrogen) atoms. The molecule has 0 aromatic carbocycles. The van der Waals surface area contributed by atoms with Crippen LogP contribution in [0.25, 0.3) is 0 Å². The Kier molecular flexibility index (Phi) is 4.96. The second kappa shape index (κ2) is 6.70. The third-order valence-corrected chi connectivity index (χ3v) is 4.53. The van der Waals surface area contributed by atoms with Crippen molar-refractivity contribution in [3.63, 3.8) is 0 Å². The van der Waals surface area contributed by atoms with Crippen LogP contribution in [-0.2, 0) is 9.59 Å². The minimum atomic E-state index is -0.843. The smallest absolute Gasteiger partial charge is 0.304 e. The zero-order valence-corrected chi connectivity index (χ0v) is 11.7. The molecular formula is C14H19NO3S. The van der Waals surface area contributed by atoms with E-state index in [0.717, 1.165) is 30.8 Å². The van der Waals surface area contributed by atoms with Gasteiger partial charge in [0, 0.05) is 30.3 Å². The third kappa shape index (κ3) is 4.06. The topological polar surface area (TPSA) is 57.6 Å². The lowest BCUT2D eigenvalue weighted by molar-refractivity contribution is -0.138. The van der Waals surface area contributed by atoms with E-state index in [0.29, 0.717) is 6.42 Å². The molecule has 0 saturated carbocycles. The van der Waals surface area contributed by atoms with Gasteiger partial charge in [0.25, 0.3) is 0 Å². The first-order valence-electron chi connectivity index (χ1n) is 6.70. The van der Waals surface area contributed by atoms with Crippen molar-refractivity contribution in [3.05, 3.63) is 22.4 Å². The lowest BCUT2D eigenvalue weighted by Crippen LogP contribution is -2.36. The fourth-order valence-corrected chi connectivity index (χ4v) is 3.32. The number of nitrogens with zero attached hydrogens (tertiary/aromatic N) is 1. The van der Waals surface area contributed by atoms with Gasteiger partial charge in [-0.15, -0.1) is 11.3 Å². The molecule has 1 aliphatic rings. The van der Waals surface area contributed by atoms with Crippen molar-refractivity contribution < 1.29 is 14.7 Å². The van der Waals surface area contributed by atoms with Crippen LogP contribution in [0.2, 0.25) is 0 Å². The second-order valence-electron chi connectivity index (χ2n) is 4.96. The van der Waals surface area contributed by atoms with Gasteiger partial charge in [0.15, 0.2) is 0 Å². The van der Waals surface area contributed by atoms with E-state index in [4.69, 9.17) is 5.11 Å². The number of carbonyl (C=O) groups is 2. The van der Waals surface area contributed by atoms with Gasteiger partial charge in [-0.2, -0.15) is 0 Å².